The maximum absolute atomic E-state index is 6.30. The Hall–Kier alpha value is -1.64. The standard InChI is InChI=1S/C18H22OSi/c1-4-14-20(15-5-2,19-6-3)18-13-9-11-16-10-7-8-12-17(16)18/h4-5,7-13H,1-2,6,14-15H2,3H3. The molecule has 0 fully saturated rings. The van der Waals surface area contributed by atoms with Crippen molar-refractivity contribution in [1.29, 1.82) is 0 Å². The molecule has 0 saturated heterocycles. The van der Waals surface area contributed by atoms with E-state index >= 15 is 0 Å². The van der Waals surface area contributed by atoms with Crippen molar-refractivity contribution in [2.24, 2.45) is 0 Å². The Kier molecular flexibility index (Phi) is 4.93. The topological polar surface area (TPSA) is 9.23 Å². The molecule has 0 N–H and O–H groups in total. The molecule has 0 spiro atoms. The quantitative estimate of drug-likeness (QED) is 0.540. The third-order valence-electron chi connectivity index (χ3n) is 3.65. The average molecular weight is 282 g/mol. The Morgan fingerprint density at radius 1 is 1.00 bits per heavy atom. The first-order valence-corrected chi connectivity index (χ1v) is 9.43. The van der Waals surface area contributed by atoms with Crippen LogP contribution in [0, 0.1) is 0 Å². The molecule has 0 amide bonds. The fraction of sp³-hybridized carbons (Fsp3) is 0.222. The first kappa shape index (κ1) is 14.8. The van der Waals surface area contributed by atoms with E-state index in [1.165, 1.54) is 16.0 Å². The molecule has 2 rings (SSSR count). The van der Waals surface area contributed by atoms with Crippen LogP contribution in [0.4, 0.5) is 0 Å². The highest BCUT2D eigenvalue weighted by Gasteiger charge is 2.35. The minimum atomic E-state index is -2.07. The van der Waals surface area contributed by atoms with Crippen molar-refractivity contribution in [2.45, 2.75) is 19.0 Å². The number of allylic oxidation sites excluding steroid dienone is 2. The van der Waals surface area contributed by atoms with Gasteiger partial charge in [-0.2, -0.15) is 0 Å². The van der Waals surface area contributed by atoms with Crippen LogP contribution in [-0.4, -0.2) is 14.9 Å². The van der Waals surface area contributed by atoms with E-state index < -0.39 is 8.32 Å². The number of fused-ring (bicyclic) bond motifs is 1. The van der Waals surface area contributed by atoms with Gasteiger partial charge in [0.05, 0.1) is 0 Å². The van der Waals surface area contributed by atoms with E-state index in [2.05, 4.69) is 62.5 Å². The summed E-state index contributed by atoms with van der Waals surface area (Å²) in [4.78, 5) is 0. The highest BCUT2D eigenvalue weighted by molar-refractivity contribution is 6.89. The van der Waals surface area contributed by atoms with E-state index in [-0.39, 0.29) is 0 Å². The molecule has 0 atom stereocenters. The molecule has 0 bridgehead atoms. The van der Waals surface area contributed by atoms with Gasteiger partial charge in [-0.3, -0.25) is 0 Å². The lowest BCUT2D eigenvalue weighted by Gasteiger charge is -2.30. The highest BCUT2D eigenvalue weighted by atomic mass is 28.4. The molecule has 0 aliphatic carbocycles. The maximum Gasteiger partial charge on any atom is 0.232 e. The molecule has 0 saturated carbocycles. The Morgan fingerprint density at radius 2 is 1.65 bits per heavy atom. The highest BCUT2D eigenvalue weighted by Crippen LogP contribution is 2.23. The van der Waals surface area contributed by atoms with Crippen LogP contribution in [0.1, 0.15) is 6.92 Å². The molecule has 0 aliphatic heterocycles. The predicted octanol–water partition coefficient (Wildman–Crippen LogP) is 4.40. The van der Waals surface area contributed by atoms with Gasteiger partial charge in [-0.15, -0.1) is 13.2 Å². The van der Waals surface area contributed by atoms with Gasteiger partial charge in [-0.05, 0) is 35.0 Å². The largest absolute Gasteiger partial charge is 0.412 e. The Balaban J connectivity index is 2.66. The average Bonchev–Trinajstić information content (AvgIpc) is 2.47. The van der Waals surface area contributed by atoms with Gasteiger partial charge in [0.15, 0.2) is 0 Å². The van der Waals surface area contributed by atoms with Gasteiger partial charge in [-0.1, -0.05) is 54.6 Å². The Bertz CT molecular complexity index is 588. The molecule has 0 unspecified atom stereocenters. The summed E-state index contributed by atoms with van der Waals surface area (Å²) < 4.78 is 6.30. The normalized spacial score (nSPS) is 11.4. The number of benzene rings is 2. The zero-order valence-corrected chi connectivity index (χ0v) is 13.1. The molecule has 2 aromatic carbocycles. The molecule has 0 aliphatic rings. The molecule has 20 heavy (non-hydrogen) atoms. The number of hydrogen-bond acceptors (Lipinski definition) is 1. The first-order chi connectivity index (χ1) is 9.77. The molecule has 2 aromatic rings. The first-order valence-electron chi connectivity index (χ1n) is 7.11. The summed E-state index contributed by atoms with van der Waals surface area (Å²) in [5.41, 5.74) is 0. The lowest BCUT2D eigenvalue weighted by atomic mass is 10.1. The van der Waals surface area contributed by atoms with E-state index in [1.54, 1.807) is 0 Å². The van der Waals surface area contributed by atoms with Gasteiger partial charge in [0.2, 0.25) is 8.32 Å². The SMILES string of the molecule is C=CC[Si](CC=C)(OCC)c1cccc2ccccc12. The van der Waals surface area contributed by atoms with E-state index in [0.29, 0.717) is 0 Å². The van der Waals surface area contributed by atoms with E-state index in [0.717, 1.165) is 18.7 Å². The second kappa shape index (κ2) is 6.68. The summed E-state index contributed by atoms with van der Waals surface area (Å²) in [5, 5.41) is 3.94. The van der Waals surface area contributed by atoms with Gasteiger partial charge in [-0.25, -0.2) is 0 Å². The second-order valence-electron chi connectivity index (χ2n) is 4.94. The van der Waals surface area contributed by atoms with Crippen LogP contribution in [0.25, 0.3) is 10.8 Å². The zero-order chi connectivity index (χ0) is 14.4. The molecule has 104 valence electrons. The van der Waals surface area contributed by atoms with Crippen molar-refractivity contribution in [3.63, 3.8) is 0 Å². The van der Waals surface area contributed by atoms with Crippen molar-refractivity contribution in [2.75, 3.05) is 6.61 Å². The van der Waals surface area contributed by atoms with E-state index in [1.807, 2.05) is 12.2 Å². The van der Waals surface area contributed by atoms with Crippen molar-refractivity contribution in [3.8, 4) is 0 Å². The van der Waals surface area contributed by atoms with Crippen molar-refractivity contribution < 1.29 is 4.43 Å². The van der Waals surface area contributed by atoms with E-state index in [4.69, 9.17) is 4.43 Å². The molecule has 0 aromatic heterocycles. The summed E-state index contributed by atoms with van der Waals surface area (Å²) in [6, 6.07) is 16.9. The summed E-state index contributed by atoms with van der Waals surface area (Å²) in [7, 11) is -2.07. The molecule has 2 heteroatoms. The van der Waals surface area contributed by atoms with Gasteiger partial charge < -0.3 is 4.43 Å². The Morgan fingerprint density at radius 3 is 2.30 bits per heavy atom. The third kappa shape index (κ3) is 2.76. The smallest absolute Gasteiger partial charge is 0.232 e. The minimum Gasteiger partial charge on any atom is -0.412 e. The fourth-order valence-corrected chi connectivity index (χ4v) is 6.47. The van der Waals surface area contributed by atoms with Gasteiger partial charge >= 0.3 is 0 Å². The number of hydrogen-bond donors (Lipinski definition) is 0. The van der Waals surface area contributed by atoms with Gasteiger partial charge in [0.25, 0.3) is 0 Å². The molecular weight excluding hydrogens is 260 g/mol. The lowest BCUT2D eigenvalue weighted by Crippen LogP contribution is -2.50. The second-order valence-corrected chi connectivity index (χ2v) is 8.57. The fourth-order valence-electron chi connectivity index (χ4n) is 2.86. The van der Waals surface area contributed by atoms with Crippen LogP contribution in [0.5, 0.6) is 0 Å². The Labute approximate surface area is 122 Å². The third-order valence-corrected chi connectivity index (χ3v) is 7.80. The predicted molar refractivity (Wildman–Crippen MR) is 91.0 cm³/mol. The summed E-state index contributed by atoms with van der Waals surface area (Å²) in [6.07, 6.45) is 3.99. The minimum absolute atomic E-state index is 0.733. The van der Waals surface area contributed by atoms with Crippen molar-refractivity contribution in [1.82, 2.24) is 0 Å². The zero-order valence-electron chi connectivity index (χ0n) is 12.1. The van der Waals surface area contributed by atoms with Crippen LogP contribution < -0.4 is 5.19 Å². The van der Waals surface area contributed by atoms with Crippen LogP contribution in [-0.2, 0) is 4.43 Å². The monoisotopic (exact) mass is 282 g/mol. The van der Waals surface area contributed by atoms with Crippen LogP contribution in [0.2, 0.25) is 12.1 Å². The van der Waals surface area contributed by atoms with Gasteiger partial charge in [0.1, 0.15) is 0 Å². The van der Waals surface area contributed by atoms with Crippen LogP contribution in [0.3, 0.4) is 0 Å². The molecule has 0 heterocycles. The van der Waals surface area contributed by atoms with Gasteiger partial charge in [0, 0.05) is 6.61 Å². The van der Waals surface area contributed by atoms with Crippen molar-refractivity contribution >= 4 is 24.3 Å². The number of rotatable bonds is 7. The maximum atomic E-state index is 6.30. The molecule has 1 nitrogen and oxygen atoms in total. The van der Waals surface area contributed by atoms with E-state index in [9.17, 15) is 0 Å². The van der Waals surface area contributed by atoms with Crippen molar-refractivity contribution in [3.05, 3.63) is 67.8 Å². The molecule has 0 radical (unpaired) electrons. The van der Waals surface area contributed by atoms with Crippen LogP contribution >= 0.6 is 0 Å². The lowest BCUT2D eigenvalue weighted by molar-refractivity contribution is 0.333. The van der Waals surface area contributed by atoms with Crippen LogP contribution in [0.15, 0.2) is 67.8 Å². The summed E-state index contributed by atoms with van der Waals surface area (Å²) >= 11 is 0. The summed E-state index contributed by atoms with van der Waals surface area (Å²) in [6.45, 7) is 10.7. The molecular formula is C18H22OSi. The summed E-state index contributed by atoms with van der Waals surface area (Å²) in [5.74, 6) is 0.